The number of aromatic nitrogens is 2. The minimum Gasteiger partial charge on any atom is -0.476 e. The number of rotatable bonds is 5. The molecule has 1 aromatic heterocycles. The van der Waals surface area contributed by atoms with Crippen molar-refractivity contribution in [2.24, 2.45) is 0 Å². The molecule has 0 spiro atoms. The number of carboxylic acid groups (broad SMARTS) is 1. The molecule has 0 unspecified atom stereocenters. The minimum absolute atomic E-state index is 0.0539. The topological polar surface area (TPSA) is 69.6 Å². The number of nitrogens with zero attached hydrogens (tertiary/aromatic N) is 4. The lowest BCUT2D eigenvalue weighted by Gasteiger charge is -2.19. The largest absolute Gasteiger partial charge is 0.476 e. The van der Waals surface area contributed by atoms with Crippen molar-refractivity contribution >= 4 is 17.5 Å². The Morgan fingerprint density at radius 2 is 1.95 bits per heavy atom. The highest BCUT2D eigenvalue weighted by molar-refractivity contribution is 5.84. The van der Waals surface area contributed by atoms with E-state index in [0.717, 1.165) is 11.3 Å². The van der Waals surface area contributed by atoms with Crippen molar-refractivity contribution in [1.82, 2.24) is 9.97 Å². The first-order chi connectivity index (χ1) is 9.97. The van der Waals surface area contributed by atoms with Crippen molar-refractivity contribution in [3.63, 3.8) is 0 Å². The summed E-state index contributed by atoms with van der Waals surface area (Å²) in [7, 11) is 5.89. The van der Waals surface area contributed by atoms with E-state index in [1.807, 2.05) is 49.1 Å². The third kappa shape index (κ3) is 3.68. The number of benzene rings is 1. The van der Waals surface area contributed by atoms with Crippen LogP contribution in [0.1, 0.15) is 16.1 Å². The van der Waals surface area contributed by atoms with Gasteiger partial charge in [-0.3, -0.25) is 0 Å². The van der Waals surface area contributed by atoms with Crippen molar-refractivity contribution in [1.29, 1.82) is 0 Å². The van der Waals surface area contributed by atoms with Crippen LogP contribution in [0.2, 0.25) is 0 Å². The van der Waals surface area contributed by atoms with Crippen LogP contribution in [0.3, 0.4) is 0 Å². The molecule has 0 aliphatic rings. The summed E-state index contributed by atoms with van der Waals surface area (Å²) in [6.45, 7) is 0.669. The molecule has 1 aromatic carbocycles. The van der Waals surface area contributed by atoms with Crippen LogP contribution in [-0.2, 0) is 6.54 Å². The lowest BCUT2D eigenvalue weighted by molar-refractivity contribution is 0.0690. The molecule has 110 valence electrons. The van der Waals surface area contributed by atoms with E-state index in [4.69, 9.17) is 5.11 Å². The highest BCUT2D eigenvalue weighted by Crippen LogP contribution is 2.16. The van der Waals surface area contributed by atoms with Crippen LogP contribution in [0.5, 0.6) is 0 Å². The van der Waals surface area contributed by atoms with Gasteiger partial charge in [0.1, 0.15) is 5.82 Å². The maximum atomic E-state index is 10.8. The van der Waals surface area contributed by atoms with Gasteiger partial charge in [-0.1, -0.05) is 12.1 Å². The van der Waals surface area contributed by atoms with E-state index < -0.39 is 5.97 Å². The molecule has 21 heavy (non-hydrogen) atoms. The summed E-state index contributed by atoms with van der Waals surface area (Å²) in [6.07, 6.45) is 2.74. The van der Waals surface area contributed by atoms with Crippen molar-refractivity contribution in [3.8, 4) is 0 Å². The van der Waals surface area contributed by atoms with Gasteiger partial charge in [0.05, 0.1) is 12.4 Å². The summed E-state index contributed by atoms with van der Waals surface area (Å²) in [4.78, 5) is 22.7. The van der Waals surface area contributed by atoms with Crippen LogP contribution in [-0.4, -0.2) is 42.2 Å². The Labute approximate surface area is 123 Å². The first-order valence-corrected chi connectivity index (χ1v) is 6.50. The van der Waals surface area contributed by atoms with E-state index >= 15 is 0 Å². The standard InChI is InChI=1S/C15H18N4O2/c1-18(2)12-6-4-5-11(7-12)10-19(3)14-9-16-13(8-17-14)15(20)21/h4-9H,10H2,1-3H3,(H,20,21). The SMILES string of the molecule is CN(C)c1cccc(CN(C)c2cnc(C(=O)O)cn2)c1. The fourth-order valence-electron chi connectivity index (χ4n) is 1.92. The molecular weight excluding hydrogens is 268 g/mol. The van der Waals surface area contributed by atoms with Gasteiger partial charge in [-0.05, 0) is 17.7 Å². The smallest absolute Gasteiger partial charge is 0.356 e. The summed E-state index contributed by atoms with van der Waals surface area (Å²) in [5.74, 6) is -0.439. The molecule has 0 bridgehead atoms. The first kappa shape index (κ1) is 14.8. The van der Waals surface area contributed by atoms with Crippen LogP contribution in [0.25, 0.3) is 0 Å². The number of anilines is 2. The Hall–Kier alpha value is -2.63. The van der Waals surface area contributed by atoms with E-state index in [0.29, 0.717) is 12.4 Å². The Morgan fingerprint density at radius 1 is 1.19 bits per heavy atom. The Kier molecular flexibility index (Phi) is 4.37. The lowest BCUT2D eigenvalue weighted by atomic mass is 10.2. The van der Waals surface area contributed by atoms with E-state index in [-0.39, 0.29) is 5.69 Å². The highest BCUT2D eigenvalue weighted by Gasteiger charge is 2.08. The molecule has 0 atom stereocenters. The number of carbonyl (C=O) groups is 1. The van der Waals surface area contributed by atoms with Crippen LogP contribution in [0, 0.1) is 0 Å². The van der Waals surface area contributed by atoms with Crippen molar-refractivity contribution in [2.45, 2.75) is 6.54 Å². The molecule has 2 rings (SSSR count). The lowest BCUT2D eigenvalue weighted by Crippen LogP contribution is -2.19. The predicted molar refractivity (Wildman–Crippen MR) is 81.9 cm³/mol. The zero-order valence-electron chi connectivity index (χ0n) is 12.3. The quantitative estimate of drug-likeness (QED) is 0.905. The average Bonchev–Trinajstić information content (AvgIpc) is 2.47. The number of carboxylic acids is 1. The van der Waals surface area contributed by atoms with E-state index in [9.17, 15) is 4.79 Å². The number of hydrogen-bond acceptors (Lipinski definition) is 5. The first-order valence-electron chi connectivity index (χ1n) is 6.50. The van der Waals surface area contributed by atoms with Crippen molar-refractivity contribution in [3.05, 3.63) is 47.9 Å². The molecule has 0 fully saturated rings. The van der Waals surface area contributed by atoms with Crippen LogP contribution in [0.4, 0.5) is 11.5 Å². The number of hydrogen-bond donors (Lipinski definition) is 1. The van der Waals surface area contributed by atoms with Gasteiger partial charge in [0.25, 0.3) is 0 Å². The minimum atomic E-state index is -1.07. The molecule has 6 heteroatoms. The van der Waals surface area contributed by atoms with Gasteiger partial charge in [-0.15, -0.1) is 0 Å². The molecule has 6 nitrogen and oxygen atoms in total. The summed E-state index contributed by atoms with van der Waals surface area (Å²) in [5, 5.41) is 8.81. The molecule has 1 N–H and O–H groups in total. The second kappa shape index (κ2) is 6.21. The van der Waals surface area contributed by atoms with Gasteiger partial charge in [-0.25, -0.2) is 14.8 Å². The number of aromatic carboxylic acids is 1. The van der Waals surface area contributed by atoms with E-state index in [1.54, 1.807) is 0 Å². The fraction of sp³-hybridized carbons (Fsp3) is 0.267. The predicted octanol–water partition coefficient (Wildman–Crippen LogP) is 1.88. The molecule has 0 aliphatic carbocycles. The Bertz CT molecular complexity index is 626. The zero-order chi connectivity index (χ0) is 15.4. The fourth-order valence-corrected chi connectivity index (χ4v) is 1.92. The van der Waals surface area contributed by atoms with Gasteiger partial charge in [0.2, 0.25) is 0 Å². The van der Waals surface area contributed by atoms with Crippen molar-refractivity contribution in [2.75, 3.05) is 30.9 Å². The molecule has 0 saturated heterocycles. The van der Waals surface area contributed by atoms with Crippen molar-refractivity contribution < 1.29 is 9.90 Å². The van der Waals surface area contributed by atoms with Crippen LogP contribution >= 0.6 is 0 Å². The highest BCUT2D eigenvalue weighted by atomic mass is 16.4. The van der Waals surface area contributed by atoms with Crippen LogP contribution < -0.4 is 9.80 Å². The third-order valence-electron chi connectivity index (χ3n) is 3.10. The summed E-state index contributed by atoms with van der Waals surface area (Å²) >= 11 is 0. The van der Waals surface area contributed by atoms with Gasteiger partial charge < -0.3 is 14.9 Å². The van der Waals surface area contributed by atoms with E-state index in [2.05, 4.69) is 16.0 Å². The van der Waals surface area contributed by atoms with Gasteiger partial charge >= 0.3 is 5.97 Å². The summed E-state index contributed by atoms with van der Waals surface area (Å²) in [6, 6.07) is 8.21. The van der Waals surface area contributed by atoms with Gasteiger partial charge in [-0.2, -0.15) is 0 Å². The molecule has 0 aliphatic heterocycles. The normalized spacial score (nSPS) is 10.2. The van der Waals surface area contributed by atoms with Crippen LogP contribution in [0.15, 0.2) is 36.7 Å². The van der Waals surface area contributed by atoms with Gasteiger partial charge in [0, 0.05) is 33.4 Å². The Morgan fingerprint density at radius 3 is 2.52 bits per heavy atom. The zero-order valence-corrected chi connectivity index (χ0v) is 12.3. The average molecular weight is 286 g/mol. The summed E-state index contributed by atoms with van der Waals surface area (Å²) < 4.78 is 0. The second-order valence-electron chi connectivity index (χ2n) is 4.99. The van der Waals surface area contributed by atoms with E-state index in [1.165, 1.54) is 12.4 Å². The molecule has 0 saturated carbocycles. The Balaban J connectivity index is 2.12. The maximum absolute atomic E-state index is 10.8. The molecular formula is C15H18N4O2. The third-order valence-corrected chi connectivity index (χ3v) is 3.10. The molecule has 2 aromatic rings. The van der Waals surface area contributed by atoms with Gasteiger partial charge in [0.15, 0.2) is 5.69 Å². The molecule has 0 amide bonds. The summed E-state index contributed by atoms with van der Waals surface area (Å²) in [5.41, 5.74) is 2.22. The second-order valence-corrected chi connectivity index (χ2v) is 4.99. The molecule has 1 heterocycles. The molecule has 0 radical (unpaired) electrons. The monoisotopic (exact) mass is 286 g/mol. The maximum Gasteiger partial charge on any atom is 0.356 e.